The van der Waals surface area contributed by atoms with Gasteiger partial charge in [0.1, 0.15) is 6.07 Å². The zero-order valence-corrected chi connectivity index (χ0v) is 8.78. The van der Waals surface area contributed by atoms with Crippen LogP contribution in [-0.2, 0) is 0 Å². The molecule has 0 aliphatic rings. The van der Waals surface area contributed by atoms with Gasteiger partial charge in [0.15, 0.2) is 0 Å². The highest BCUT2D eigenvalue weighted by atomic mass is 14.7. The first kappa shape index (κ1) is 10.0. The molecular formula is C13H9N3. The molecule has 1 aromatic carbocycles. The van der Waals surface area contributed by atoms with Crippen LogP contribution in [0.4, 0.5) is 0 Å². The number of aryl methyl sites for hydroxylation is 1. The Morgan fingerprint density at radius 1 is 1.06 bits per heavy atom. The molecule has 3 heteroatoms. The van der Waals surface area contributed by atoms with Crippen LogP contribution in [0.3, 0.4) is 0 Å². The van der Waals surface area contributed by atoms with Crippen molar-refractivity contribution in [1.82, 2.24) is 4.98 Å². The Balaban J connectivity index is 2.56. The summed E-state index contributed by atoms with van der Waals surface area (Å²) in [6.07, 6.45) is 1.70. The van der Waals surface area contributed by atoms with Crippen LogP contribution in [0.25, 0.3) is 11.1 Å². The zero-order chi connectivity index (χ0) is 11.5. The van der Waals surface area contributed by atoms with Crippen LogP contribution in [0, 0.1) is 29.6 Å². The molecule has 0 aliphatic heterocycles. The maximum Gasteiger partial charge on any atom is 0.101 e. The normalized spacial score (nSPS) is 9.44. The zero-order valence-electron chi connectivity index (χ0n) is 8.78. The van der Waals surface area contributed by atoms with E-state index in [4.69, 9.17) is 10.5 Å². The summed E-state index contributed by atoms with van der Waals surface area (Å²) in [5.74, 6) is 0. The first-order chi connectivity index (χ1) is 7.76. The second-order valence-electron chi connectivity index (χ2n) is 3.50. The fourth-order valence-electron chi connectivity index (χ4n) is 1.70. The molecule has 0 atom stereocenters. The summed E-state index contributed by atoms with van der Waals surface area (Å²) < 4.78 is 0. The first-order valence-corrected chi connectivity index (χ1v) is 4.85. The minimum absolute atomic E-state index is 0.621. The van der Waals surface area contributed by atoms with Gasteiger partial charge in [-0.15, -0.1) is 0 Å². The van der Waals surface area contributed by atoms with E-state index in [0.29, 0.717) is 11.1 Å². The number of benzene rings is 1. The van der Waals surface area contributed by atoms with E-state index >= 15 is 0 Å². The maximum atomic E-state index is 8.97. The molecule has 0 bridgehead atoms. The molecular weight excluding hydrogens is 198 g/mol. The van der Waals surface area contributed by atoms with Crippen LogP contribution in [-0.4, -0.2) is 4.98 Å². The fraction of sp³-hybridized carbons (Fsp3) is 0.0769. The highest BCUT2D eigenvalue weighted by Crippen LogP contribution is 2.26. The Hall–Kier alpha value is -2.52. The number of hydrogen-bond donors (Lipinski definition) is 1. The van der Waals surface area contributed by atoms with Gasteiger partial charge in [-0.1, -0.05) is 12.1 Å². The second kappa shape index (κ2) is 3.92. The monoisotopic (exact) mass is 207 g/mol. The van der Waals surface area contributed by atoms with Crippen LogP contribution < -0.4 is 0 Å². The Labute approximate surface area is 93.6 Å². The lowest BCUT2D eigenvalue weighted by Gasteiger charge is -2.01. The Kier molecular flexibility index (Phi) is 2.45. The number of nitrogens with one attached hydrogen (secondary N) is 1. The number of aromatic nitrogens is 1. The molecule has 0 saturated heterocycles. The van der Waals surface area contributed by atoms with Crippen LogP contribution in [0.1, 0.15) is 16.8 Å². The van der Waals surface area contributed by atoms with Crippen molar-refractivity contribution in [2.45, 2.75) is 6.92 Å². The largest absolute Gasteiger partial charge is 0.363 e. The van der Waals surface area contributed by atoms with Crippen LogP contribution in [0.5, 0.6) is 0 Å². The molecule has 76 valence electrons. The van der Waals surface area contributed by atoms with E-state index in [1.807, 2.05) is 19.1 Å². The third kappa shape index (κ3) is 1.55. The molecule has 3 nitrogen and oxygen atoms in total. The van der Waals surface area contributed by atoms with Crippen LogP contribution in [0.2, 0.25) is 0 Å². The molecule has 2 rings (SSSR count). The lowest BCUT2D eigenvalue weighted by molar-refractivity contribution is 1.27. The van der Waals surface area contributed by atoms with Gasteiger partial charge in [-0.25, -0.2) is 0 Å². The van der Waals surface area contributed by atoms with E-state index in [9.17, 15) is 0 Å². The Morgan fingerprint density at radius 2 is 1.75 bits per heavy atom. The van der Waals surface area contributed by atoms with Gasteiger partial charge in [-0.05, 0) is 24.6 Å². The lowest BCUT2D eigenvalue weighted by atomic mass is 10.0. The standard InChI is InChI=1S/C13H9N3/c1-9-13(12(7-15)8-16-9)11-4-2-10(6-14)3-5-11/h2-5,8,16H,1H3. The summed E-state index contributed by atoms with van der Waals surface area (Å²) in [5.41, 5.74) is 4.07. The summed E-state index contributed by atoms with van der Waals surface area (Å²) in [7, 11) is 0. The molecule has 16 heavy (non-hydrogen) atoms. The first-order valence-electron chi connectivity index (χ1n) is 4.85. The second-order valence-corrected chi connectivity index (χ2v) is 3.50. The molecule has 0 fully saturated rings. The summed E-state index contributed by atoms with van der Waals surface area (Å²) in [6.45, 7) is 1.92. The molecule has 0 amide bonds. The molecule has 0 unspecified atom stereocenters. The maximum absolute atomic E-state index is 8.97. The molecule has 0 saturated carbocycles. The van der Waals surface area contributed by atoms with Gasteiger partial charge in [0.05, 0.1) is 17.2 Å². The Bertz CT molecular complexity index is 592. The van der Waals surface area contributed by atoms with Gasteiger partial charge < -0.3 is 4.98 Å². The molecule has 0 radical (unpaired) electrons. The number of nitriles is 2. The third-order valence-electron chi connectivity index (χ3n) is 2.50. The molecule has 0 spiro atoms. The minimum Gasteiger partial charge on any atom is -0.363 e. The highest BCUT2D eigenvalue weighted by molar-refractivity contribution is 5.73. The van der Waals surface area contributed by atoms with Gasteiger partial charge in [-0.3, -0.25) is 0 Å². The average Bonchev–Trinajstić information content (AvgIpc) is 2.70. The van der Waals surface area contributed by atoms with Crippen molar-refractivity contribution < 1.29 is 0 Å². The number of nitrogens with zero attached hydrogens (tertiary/aromatic N) is 2. The minimum atomic E-state index is 0.621. The Morgan fingerprint density at radius 3 is 2.31 bits per heavy atom. The van der Waals surface area contributed by atoms with Crippen LogP contribution >= 0.6 is 0 Å². The summed E-state index contributed by atoms with van der Waals surface area (Å²) in [4.78, 5) is 3.03. The van der Waals surface area contributed by atoms with Gasteiger partial charge in [0, 0.05) is 17.5 Å². The van der Waals surface area contributed by atoms with E-state index in [0.717, 1.165) is 16.8 Å². The van der Waals surface area contributed by atoms with E-state index < -0.39 is 0 Å². The topological polar surface area (TPSA) is 63.4 Å². The van der Waals surface area contributed by atoms with Crippen molar-refractivity contribution in [1.29, 1.82) is 10.5 Å². The van der Waals surface area contributed by atoms with Crippen LogP contribution in [0.15, 0.2) is 30.5 Å². The smallest absolute Gasteiger partial charge is 0.101 e. The molecule has 1 heterocycles. The van der Waals surface area contributed by atoms with Gasteiger partial charge in [0.25, 0.3) is 0 Å². The molecule has 0 aliphatic carbocycles. The van der Waals surface area contributed by atoms with E-state index in [-0.39, 0.29) is 0 Å². The van der Waals surface area contributed by atoms with Crippen molar-refractivity contribution in [3.63, 3.8) is 0 Å². The highest BCUT2D eigenvalue weighted by Gasteiger charge is 2.09. The summed E-state index contributed by atoms with van der Waals surface area (Å²) in [5, 5.41) is 17.7. The summed E-state index contributed by atoms with van der Waals surface area (Å²) >= 11 is 0. The van der Waals surface area contributed by atoms with Gasteiger partial charge in [0.2, 0.25) is 0 Å². The van der Waals surface area contributed by atoms with E-state index in [1.54, 1.807) is 18.3 Å². The van der Waals surface area contributed by atoms with E-state index in [1.165, 1.54) is 0 Å². The van der Waals surface area contributed by atoms with Crippen molar-refractivity contribution >= 4 is 0 Å². The van der Waals surface area contributed by atoms with E-state index in [2.05, 4.69) is 17.1 Å². The average molecular weight is 207 g/mol. The molecule has 1 aromatic heterocycles. The van der Waals surface area contributed by atoms with Gasteiger partial charge in [-0.2, -0.15) is 10.5 Å². The SMILES string of the molecule is Cc1[nH]cc(C#N)c1-c1ccc(C#N)cc1. The van der Waals surface area contributed by atoms with Crippen molar-refractivity contribution in [3.05, 3.63) is 47.3 Å². The number of aromatic amines is 1. The molecule has 1 N–H and O–H groups in total. The predicted octanol–water partition coefficient (Wildman–Crippen LogP) is 2.73. The number of H-pyrrole nitrogens is 1. The van der Waals surface area contributed by atoms with Crippen molar-refractivity contribution in [2.75, 3.05) is 0 Å². The van der Waals surface area contributed by atoms with Gasteiger partial charge >= 0.3 is 0 Å². The number of hydrogen-bond acceptors (Lipinski definition) is 2. The lowest BCUT2D eigenvalue weighted by Crippen LogP contribution is -1.83. The summed E-state index contributed by atoms with van der Waals surface area (Å²) in [6, 6.07) is 11.4. The van der Waals surface area contributed by atoms with Crippen molar-refractivity contribution in [3.8, 4) is 23.3 Å². The number of rotatable bonds is 1. The third-order valence-corrected chi connectivity index (χ3v) is 2.50. The quantitative estimate of drug-likeness (QED) is 0.781. The predicted molar refractivity (Wildman–Crippen MR) is 60.4 cm³/mol. The molecule has 2 aromatic rings. The van der Waals surface area contributed by atoms with Crippen molar-refractivity contribution in [2.24, 2.45) is 0 Å². The fourth-order valence-corrected chi connectivity index (χ4v) is 1.70.